The van der Waals surface area contributed by atoms with E-state index in [1.807, 2.05) is 30.5 Å². The minimum Gasteiger partial charge on any atom is -0.478 e. The predicted octanol–water partition coefficient (Wildman–Crippen LogP) is 3.02. The molecule has 0 atom stereocenters. The van der Waals surface area contributed by atoms with Crippen molar-refractivity contribution in [2.75, 3.05) is 0 Å². The molecule has 2 heterocycles. The van der Waals surface area contributed by atoms with E-state index in [2.05, 4.69) is 20.6 Å². The van der Waals surface area contributed by atoms with Crippen molar-refractivity contribution in [3.05, 3.63) is 102 Å². The van der Waals surface area contributed by atoms with Crippen LogP contribution < -0.4 is 5.32 Å². The number of nitrogens with one attached hydrogen (secondary N) is 1. The first-order valence-electron chi connectivity index (χ1n) is 9.58. The molecule has 2 aromatic heterocycles. The lowest BCUT2D eigenvalue weighted by Gasteiger charge is -2.05. The third-order valence-corrected chi connectivity index (χ3v) is 4.70. The zero-order chi connectivity index (χ0) is 21.6. The number of benzene rings is 2. The van der Waals surface area contributed by atoms with Crippen LogP contribution in [0.4, 0.5) is 0 Å². The molecule has 154 valence electrons. The second-order valence-corrected chi connectivity index (χ2v) is 6.92. The lowest BCUT2D eigenvalue weighted by molar-refractivity contribution is 0.0696. The molecule has 0 aliphatic heterocycles. The van der Waals surface area contributed by atoms with E-state index in [1.165, 1.54) is 0 Å². The van der Waals surface area contributed by atoms with Crippen molar-refractivity contribution in [2.45, 2.75) is 13.1 Å². The van der Waals surface area contributed by atoms with E-state index in [-0.39, 0.29) is 11.5 Å². The molecular weight excluding hydrogens is 394 g/mol. The summed E-state index contributed by atoms with van der Waals surface area (Å²) in [5.41, 5.74) is 4.18. The number of carboxylic acid groups (broad SMARTS) is 1. The SMILES string of the molecule is O=C(O)c1ccc(Cn2cc(-c3ccc(C(=O)NCc4cccnc4)cc3)nn2)cc1. The minimum atomic E-state index is -0.955. The van der Waals surface area contributed by atoms with Gasteiger partial charge in [0.15, 0.2) is 0 Å². The number of hydrogen-bond donors (Lipinski definition) is 2. The number of aromatic carboxylic acids is 1. The first-order valence-corrected chi connectivity index (χ1v) is 9.58. The molecule has 1 amide bonds. The van der Waals surface area contributed by atoms with Gasteiger partial charge in [-0.1, -0.05) is 35.5 Å². The molecule has 0 unspecified atom stereocenters. The van der Waals surface area contributed by atoms with Gasteiger partial charge in [-0.3, -0.25) is 9.78 Å². The number of carboxylic acids is 1. The highest BCUT2D eigenvalue weighted by atomic mass is 16.4. The van der Waals surface area contributed by atoms with Crippen LogP contribution in [0.25, 0.3) is 11.3 Å². The summed E-state index contributed by atoms with van der Waals surface area (Å²) in [6, 6.07) is 17.5. The van der Waals surface area contributed by atoms with E-state index in [0.29, 0.717) is 24.3 Å². The molecule has 0 fully saturated rings. The third-order valence-electron chi connectivity index (χ3n) is 4.70. The molecule has 8 nitrogen and oxygen atoms in total. The van der Waals surface area contributed by atoms with E-state index in [9.17, 15) is 9.59 Å². The molecule has 0 saturated carbocycles. The van der Waals surface area contributed by atoms with Gasteiger partial charge < -0.3 is 10.4 Å². The molecule has 2 N–H and O–H groups in total. The summed E-state index contributed by atoms with van der Waals surface area (Å²) >= 11 is 0. The maximum atomic E-state index is 12.3. The Morgan fingerprint density at radius 3 is 2.35 bits per heavy atom. The first kappa shape index (κ1) is 20.0. The van der Waals surface area contributed by atoms with Crippen molar-refractivity contribution in [3.8, 4) is 11.3 Å². The molecule has 0 aliphatic rings. The fraction of sp³-hybridized carbons (Fsp3) is 0.0870. The smallest absolute Gasteiger partial charge is 0.335 e. The molecule has 0 spiro atoms. The first-order chi connectivity index (χ1) is 15.1. The Morgan fingerprint density at radius 1 is 0.935 bits per heavy atom. The fourth-order valence-electron chi connectivity index (χ4n) is 3.03. The number of pyridine rings is 1. The highest BCUT2D eigenvalue weighted by molar-refractivity contribution is 5.94. The van der Waals surface area contributed by atoms with Gasteiger partial charge >= 0.3 is 5.97 Å². The van der Waals surface area contributed by atoms with Gasteiger partial charge in [0, 0.05) is 30.1 Å². The van der Waals surface area contributed by atoms with E-state index in [4.69, 9.17) is 5.11 Å². The molecule has 0 bridgehead atoms. The molecule has 0 saturated heterocycles. The van der Waals surface area contributed by atoms with Gasteiger partial charge in [0.2, 0.25) is 0 Å². The van der Waals surface area contributed by atoms with Gasteiger partial charge in [0.25, 0.3) is 5.91 Å². The van der Waals surface area contributed by atoms with Crippen LogP contribution in [0, 0.1) is 0 Å². The molecule has 4 aromatic rings. The van der Waals surface area contributed by atoms with Gasteiger partial charge in [-0.25, -0.2) is 9.48 Å². The largest absolute Gasteiger partial charge is 0.478 e. The second kappa shape index (κ2) is 9.00. The number of amides is 1. The second-order valence-electron chi connectivity index (χ2n) is 6.92. The normalized spacial score (nSPS) is 10.6. The summed E-state index contributed by atoms with van der Waals surface area (Å²) in [5.74, 6) is -1.12. The Labute approximate surface area is 178 Å². The molecule has 31 heavy (non-hydrogen) atoms. The summed E-state index contributed by atoms with van der Waals surface area (Å²) in [4.78, 5) is 27.3. The highest BCUT2D eigenvalue weighted by Gasteiger charge is 2.09. The Balaban J connectivity index is 1.38. The Morgan fingerprint density at radius 2 is 1.68 bits per heavy atom. The van der Waals surface area contributed by atoms with Crippen molar-refractivity contribution >= 4 is 11.9 Å². The fourth-order valence-corrected chi connectivity index (χ4v) is 3.03. The third kappa shape index (κ3) is 4.99. The van der Waals surface area contributed by atoms with Crippen LogP contribution in [0.3, 0.4) is 0 Å². The summed E-state index contributed by atoms with van der Waals surface area (Å²) in [6.45, 7) is 0.887. The number of carbonyl (C=O) groups excluding carboxylic acids is 1. The van der Waals surface area contributed by atoms with E-state index in [1.54, 1.807) is 53.5 Å². The average Bonchev–Trinajstić information content (AvgIpc) is 3.27. The van der Waals surface area contributed by atoms with E-state index < -0.39 is 5.97 Å². The van der Waals surface area contributed by atoms with Gasteiger partial charge in [-0.2, -0.15) is 0 Å². The van der Waals surface area contributed by atoms with Crippen molar-refractivity contribution in [1.29, 1.82) is 0 Å². The number of nitrogens with zero attached hydrogens (tertiary/aromatic N) is 4. The standard InChI is InChI=1S/C23H19N5O3/c29-22(25-13-17-2-1-11-24-12-17)19-9-7-18(8-10-19)21-15-28(27-26-21)14-16-3-5-20(6-4-16)23(30)31/h1-12,15H,13-14H2,(H,25,29)(H,30,31). The van der Waals surface area contributed by atoms with Gasteiger partial charge in [0.1, 0.15) is 5.69 Å². The Hall–Kier alpha value is -4.33. The van der Waals surface area contributed by atoms with Crippen LogP contribution >= 0.6 is 0 Å². The lowest BCUT2D eigenvalue weighted by Crippen LogP contribution is -2.22. The van der Waals surface area contributed by atoms with Crippen LogP contribution in [0.15, 0.2) is 79.3 Å². The molecule has 0 aliphatic carbocycles. The van der Waals surface area contributed by atoms with Crippen LogP contribution in [0.5, 0.6) is 0 Å². The molecular formula is C23H19N5O3. The lowest BCUT2D eigenvalue weighted by atomic mass is 10.1. The maximum absolute atomic E-state index is 12.3. The maximum Gasteiger partial charge on any atom is 0.335 e. The summed E-state index contributed by atoms with van der Waals surface area (Å²) in [6.07, 6.45) is 5.21. The van der Waals surface area contributed by atoms with Gasteiger partial charge in [0.05, 0.1) is 18.3 Å². The van der Waals surface area contributed by atoms with Crippen molar-refractivity contribution in [2.24, 2.45) is 0 Å². The molecule has 2 aromatic carbocycles. The zero-order valence-corrected chi connectivity index (χ0v) is 16.5. The summed E-state index contributed by atoms with van der Waals surface area (Å²) in [5, 5.41) is 20.2. The Bertz CT molecular complexity index is 1190. The van der Waals surface area contributed by atoms with Crippen LogP contribution in [-0.2, 0) is 13.1 Å². The number of aromatic nitrogens is 4. The monoisotopic (exact) mass is 413 g/mol. The number of carbonyl (C=O) groups is 2. The molecule has 8 heteroatoms. The zero-order valence-electron chi connectivity index (χ0n) is 16.5. The quantitative estimate of drug-likeness (QED) is 0.482. The van der Waals surface area contributed by atoms with Crippen LogP contribution in [0.1, 0.15) is 31.8 Å². The van der Waals surface area contributed by atoms with E-state index >= 15 is 0 Å². The molecule has 0 radical (unpaired) electrons. The summed E-state index contributed by atoms with van der Waals surface area (Å²) < 4.78 is 1.68. The van der Waals surface area contributed by atoms with Crippen molar-refractivity contribution in [1.82, 2.24) is 25.3 Å². The topological polar surface area (TPSA) is 110 Å². The predicted molar refractivity (Wildman–Crippen MR) is 113 cm³/mol. The number of rotatable bonds is 7. The summed E-state index contributed by atoms with van der Waals surface area (Å²) in [7, 11) is 0. The van der Waals surface area contributed by atoms with Crippen LogP contribution in [-0.4, -0.2) is 37.0 Å². The van der Waals surface area contributed by atoms with Crippen molar-refractivity contribution < 1.29 is 14.7 Å². The van der Waals surface area contributed by atoms with E-state index in [0.717, 1.165) is 16.7 Å². The van der Waals surface area contributed by atoms with Gasteiger partial charge in [-0.15, -0.1) is 5.10 Å². The molecule has 4 rings (SSSR count). The Kier molecular flexibility index (Phi) is 5.79. The van der Waals surface area contributed by atoms with Crippen LogP contribution in [0.2, 0.25) is 0 Å². The average molecular weight is 413 g/mol. The van der Waals surface area contributed by atoms with Gasteiger partial charge in [-0.05, 0) is 41.5 Å². The minimum absolute atomic E-state index is 0.163. The van der Waals surface area contributed by atoms with Crippen molar-refractivity contribution in [3.63, 3.8) is 0 Å². The number of hydrogen-bond acceptors (Lipinski definition) is 5. The highest BCUT2D eigenvalue weighted by Crippen LogP contribution is 2.17.